The molecule has 0 saturated heterocycles. The summed E-state index contributed by atoms with van der Waals surface area (Å²) < 4.78 is 12.6. The molecule has 0 unspecified atom stereocenters. The Hall–Kier alpha value is -4.13. The Labute approximate surface area is 214 Å². The summed E-state index contributed by atoms with van der Waals surface area (Å²) in [5.41, 5.74) is 2.02. The average molecular weight is 503 g/mol. The molecule has 2 heterocycles. The molecule has 0 amide bonds. The number of benzene rings is 2. The zero-order chi connectivity index (χ0) is 26.8. The van der Waals surface area contributed by atoms with Gasteiger partial charge in [-0.15, -0.1) is 0 Å². The summed E-state index contributed by atoms with van der Waals surface area (Å²) in [7, 11) is 0. The van der Waals surface area contributed by atoms with Crippen molar-refractivity contribution in [3.63, 3.8) is 0 Å². The van der Waals surface area contributed by atoms with Crippen LogP contribution in [0.3, 0.4) is 0 Å². The van der Waals surface area contributed by atoms with Gasteiger partial charge < -0.3 is 29.6 Å². The van der Waals surface area contributed by atoms with E-state index >= 15 is 0 Å². The molecule has 0 saturated carbocycles. The molecule has 0 radical (unpaired) electrons. The van der Waals surface area contributed by atoms with Crippen molar-refractivity contribution in [2.45, 2.75) is 58.5 Å². The number of phenols is 4. The van der Waals surface area contributed by atoms with E-state index in [-0.39, 0.29) is 51.3 Å². The van der Waals surface area contributed by atoms with Gasteiger partial charge in [-0.3, -0.25) is 4.79 Å². The van der Waals surface area contributed by atoms with Crippen molar-refractivity contribution in [2.75, 3.05) is 0 Å². The van der Waals surface area contributed by atoms with Crippen molar-refractivity contribution >= 4 is 17.0 Å². The molecule has 5 rings (SSSR count). The largest absolute Gasteiger partial charge is 0.507 e. The quantitative estimate of drug-likeness (QED) is 0.185. The van der Waals surface area contributed by atoms with Crippen LogP contribution in [0.2, 0.25) is 0 Å². The molecule has 2 atom stereocenters. The monoisotopic (exact) mass is 502 g/mol. The fourth-order valence-electron chi connectivity index (χ4n) is 5.31. The first-order valence-electron chi connectivity index (χ1n) is 12.2. The fraction of sp³-hybridized carbons (Fsp3) is 0.300. The first kappa shape index (κ1) is 24.6. The van der Waals surface area contributed by atoms with Gasteiger partial charge in [0, 0.05) is 29.2 Å². The minimum atomic E-state index is -0.615. The van der Waals surface area contributed by atoms with Crippen LogP contribution >= 0.6 is 0 Å². The Bertz CT molecular complexity index is 1600. The molecule has 2 aliphatic rings. The highest BCUT2D eigenvalue weighted by atomic mass is 16.5. The lowest BCUT2D eigenvalue weighted by Crippen LogP contribution is -2.31. The molecular formula is C30H30O7. The number of rotatable bonds is 4. The molecule has 3 aromatic rings. The van der Waals surface area contributed by atoms with Crippen LogP contribution in [0.15, 0.2) is 51.2 Å². The molecule has 4 N–H and O–H groups in total. The summed E-state index contributed by atoms with van der Waals surface area (Å²) in [6, 6.07) is 2.46. The van der Waals surface area contributed by atoms with E-state index in [0.29, 0.717) is 23.3 Å². The Morgan fingerprint density at radius 2 is 1.86 bits per heavy atom. The van der Waals surface area contributed by atoms with E-state index in [1.807, 2.05) is 32.9 Å². The number of phenolic OH excluding ortho intramolecular Hbond substituents is 4. The number of fused-ring (bicyclic) bond motifs is 6. The van der Waals surface area contributed by atoms with E-state index in [2.05, 4.69) is 12.7 Å². The lowest BCUT2D eigenvalue weighted by Gasteiger charge is -2.32. The van der Waals surface area contributed by atoms with Gasteiger partial charge in [0.15, 0.2) is 22.5 Å². The van der Waals surface area contributed by atoms with E-state index in [1.54, 1.807) is 6.92 Å². The SMILES string of the molecule is C=C(C)[C@H]1Cc2c(oc3c4c(cc(O)c3c2=O)O[C@](C)(CCC=C(C)C)C=C4)-c2c(O)cc(O)c(O)c21. The summed E-state index contributed by atoms with van der Waals surface area (Å²) >= 11 is 0. The van der Waals surface area contributed by atoms with E-state index in [4.69, 9.17) is 9.15 Å². The predicted molar refractivity (Wildman–Crippen MR) is 143 cm³/mol. The van der Waals surface area contributed by atoms with Crippen molar-refractivity contribution in [1.82, 2.24) is 0 Å². The van der Waals surface area contributed by atoms with Gasteiger partial charge in [0.25, 0.3) is 0 Å². The Balaban J connectivity index is 1.75. The first-order chi connectivity index (χ1) is 17.4. The molecule has 1 aromatic heterocycles. The maximum Gasteiger partial charge on any atom is 0.200 e. The van der Waals surface area contributed by atoms with Gasteiger partial charge in [-0.2, -0.15) is 0 Å². The van der Waals surface area contributed by atoms with Crippen molar-refractivity contribution in [1.29, 1.82) is 0 Å². The molecule has 1 aliphatic heterocycles. The summed E-state index contributed by atoms with van der Waals surface area (Å²) in [5.74, 6) is -1.57. The second kappa shape index (κ2) is 8.47. The molecule has 0 spiro atoms. The molecule has 0 fully saturated rings. The van der Waals surface area contributed by atoms with Gasteiger partial charge in [-0.05, 0) is 59.1 Å². The van der Waals surface area contributed by atoms with E-state index < -0.39 is 28.4 Å². The molecule has 0 bridgehead atoms. The van der Waals surface area contributed by atoms with Crippen molar-refractivity contribution in [3.8, 4) is 40.1 Å². The molecule has 7 nitrogen and oxygen atoms in total. The highest BCUT2D eigenvalue weighted by Crippen LogP contribution is 2.53. The van der Waals surface area contributed by atoms with Crippen molar-refractivity contribution in [3.05, 3.63) is 68.9 Å². The third-order valence-corrected chi connectivity index (χ3v) is 7.25. The van der Waals surface area contributed by atoms with Crippen LogP contribution in [0.4, 0.5) is 0 Å². The number of hydrogen-bond acceptors (Lipinski definition) is 7. The van der Waals surface area contributed by atoms with E-state index in [9.17, 15) is 25.2 Å². The molecule has 1 aliphatic carbocycles. The van der Waals surface area contributed by atoms with Crippen LogP contribution in [0, 0.1) is 0 Å². The van der Waals surface area contributed by atoms with Crippen LogP contribution < -0.4 is 10.2 Å². The topological polar surface area (TPSA) is 120 Å². The summed E-state index contributed by atoms with van der Waals surface area (Å²) in [6.45, 7) is 11.8. The van der Waals surface area contributed by atoms with Crippen LogP contribution in [-0.2, 0) is 6.42 Å². The highest BCUT2D eigenvalue weighted by molar-refractivity contribution is 5.96. The Morgan fingerprint density at radius 3 is 2.54 bits per heavy atom. The van der Waals surface area contributed by atoms with Crippen molar-refractivity contribution in [2.24, 2.45) is 0 Å². The molecular weight excluding hydrogens is 472 g/mol. The maximum absolute atomic E-state index is 13.7. The first-order valence-corrected chi connectivity index (χ1v) is 12.2. The number of allylic oxidation sites excluding steroid dienone is 3. The smallest absolute Gasteiger partial charge is 0.200 e. The zero-order valence-electron chi connectivity index (χ0n) is 21.3. The molecule has 192 valence electrons. The van der Waals surface area contributed by atoms with Gasteiger partial charge >= 0.3 is 0 Å². The third kappa shape index (κ3) is 3.86. The second-order valence-corrected chi connectivity index (χ2v) is 10.5. The number of ether oxygens (including phenoxy) is 1. The lowest BCUT2D eigenvalue weighted by molar-refractivity contribution is 0.128. The second-order valence-electron chi connectivity index (χ2n) is 10.5. The Kier molecular flexibility index (Phi) is 5.62. The van der Waals surface area contributed by atoms with E-state index in [0.717, 1.165) is 12.5 Å². The molecule has 37 heavy (non-hydrogen) atoms. The summed E-state index contributed by atoms with van der Waals surface area (Å²) in [6.07, 6.45) is 7.53. The van der Waals surface area contributed by atoms with Gasteiger partial charge in [0.2, 0.25) is 0 Å². The predicted octanol–water partition coefficient (Wildman–Crippen LogP) is 6.41. The average Bonchev–Trinajstić information content (AvgIpc) is 2.80. The fourth-order valence-corrected chi connectivity index (χ4v) is 5.31. The number of hydrogen-bond donors (Lipinski definition) is 4. The van der Waals surface area contributed by atoms with Crippen LogP contribution in [0.5, 0.6) is 28.7 Å². The van der Waals surface area contributed by atoms with Gasteiger partial charge in [-0.1, -0.05) is 23.8 Å². The zero-order valence-corrected chi connectivity index (χ0v) is 21.3. The standard InChI is InChI=1S/C30H30O7/c1-14(2)7-6-9-30(5)10-8-16-22(37-30)13-20(32)25-26(34)18-11-17(15(3)4)23-24(29(18)36-28(16)25)19(31)12-21(33)27(23)35/h7-8,10,12-13,17,31-33,35H,3,6,9,11H2,1-2,4-5H3/t17-,30-/m1/s1. The van der Waals surface area contributed by atoms with Crippen molar-refractivity contribution < 1.29 is 29.6 Å². The maximum atomic E-state index is 13.7. The van der Waals surface area contributed by atoms with Gasteiger partial charge in [-0.25, -0.2) is 0 Å². The lowest BCUT2D eigenvalue weighted by atomic mass is 9.77. The normalized spacial score (nSPS) is 19.5. The van der Waals surface area contributed by atoms with E-state index in [1.165, 1.54) is 11.6 Å². The van der Waals surface area contributed by atoms with Gasteiger partial charge in [0.1, 0.15) is 34.0 Å². The van der Waals surface area contributed by atoms with Gasteiger partial charge in [0.05, 0.1) is 11.1 Å². The van der Waals surface area contributed by atoms with Crippen LogP contribution in [-0.4, -0.2) is 26.0 Å². The summed E-state index contributed by atoms with van der Waals surface area (Å²) in [4.78, 5) is 13.7. The number of aromatic hydroxyl groups is 4. The van der Waals surface area contributed by atoms with Crippen LogP contribution in [0.1, 0.15) is 63.1 Å². The Morgan fingerprint density at radius 1 is 1.14 bits per heavy atom. The molecule has 2 aromatic carbocycles. The molecule has 7 heteroatoms. The third-order valence-electron chi connectivity index (χ3n) is 7.25. The van der Waals surface area contributed by atoms with Crippen LogP contribution in [0.25, 0.3) is 28.4 Å². The minimum Gasteiger partial charge on any atom is -0.507 e. The minimum absolute atomic E-state index is 0.0188. The highest BCUT2D eigenvalue weighted by Gasteiger charge is 2.37. The summed E-state index contributed by atoms with van der Waals surface area (Å²) in [5, 5.41) is 42.6.